The number of nitrogens with zero attached hydrogens (tertiary/aromatic N) is 1. The van der Waals surface area contributed by atoms with Gasteiger partial charge in [-0.3, -0.25) is 4.99 Å². The molecular formula is C15H29N3O. The topological polar surface area (TPSA) is 45.7 Å². The molecule has 2 aliphatic rings. The third-order valence-corrected chi connectivity index (χ3v) is 4.66. The van der Waals surface area contributed by atoms with Gasteiger partial charge in [-0.1, -0.05) is 20.3 Å². The Bertz CT molecular complexity index is 314. The Morgan fingerprint density at radius 2 is 1.95 bits per heavy atom. The number of guanidine groups is 1. The van der Waals surface area contributed by atoms with Crippen LogP contribution in [-0.4, -0.2) is 38.8 Å². The Morgan fingerprint density at radius 3 is 2.37 bits per heavy atom. The van der Waals surface area contributed by atoms with E-state index in [1.807, 2.05) is 0 Å². The number of ether oxygens (including phenoxy) is 1. The minimum Gasteiger partial charge on any atom is -0.380 e. The van der Waals surface area contributed by atoms with Crippen molar-refractivity contribution in [3.63, 3.8) is 0 Å². The molecule has 1 aliphatic heterocycles. The number of nitrogens with one attached hydrogen (secondary N) is 2. The first kappa shape index (κ1) is 14.6. The van der Waals surface area contributed by atoms with Crippen LogP contribution in [0.2, 0.25) is 0 Å². The van der Waals surface area contributed by atoms with E-state index in [0.29, 0.717) is 5.41 Å². The van der Waals surface area contributed by atoms with Crippen molar-refractivity contribution in [1.29, 1.82) is 0 Å². The molecule has 2 rings (SSSR count). The van der Waals surface area contributed by atoms with E-state index >= 15 is 0 Å². The molecule has 110 valence electrons. The smallest absolute Gasteiger partial charge is 0.191 e. The first-order valence-electron chi connectivity index (χ1n) is 7.71. The molecule has 0 aromatic carbocycles. The van der Waals surface area contributed by atoms with Crippen molar-refractivity contribution < 1.29 is 4.74 Å². The molecule has 1 heterocycles. The molecule has 1 saturated carbocycles. The summed E-state index contributed by atoms with van der Waals surface area (Å²) >= 11 is 0. The zero-order valence-corrected chi connectivity index (χ0v) is 12.7. The molecule has 0 aromatic heterocycles. The lowest BCUT2D eigenvalue weighted by Crippen LogP contribution is -2.47. The Labute approximate surface area is 117 Å². The van der Waals surface area contributed by atoms with Crippen molar-refractivity contribution in [2.75, 3.05) is 32.8 Å². The maximum absolute atomic E-state index is 5.28. The molecule has 19 heavy (non-hydrogen) atoms. The quantitative estimate of drug-likeness (QED) is 0.572. The molecule has 0 spiro atoms. The third kappa shape index (κ3) is 3.62. The fourth-order valence-corrected chi connectivity index (χ4v) is 2.76. The second kappa shape index (κ2) is 6.12. The van der Waals surface area contributed by atoms with Gasteiger partial charge in [0.1, 0.15) is 0 Å². The van der Waals surface area contributed by atoms with E-state index in [1.54, 1.807) is 0 Å². The van der Waals surface area contributed by atoms with Crippen LogP contribution in [0, 0.1) is 10.8 Å². The highest BCUT2D eigenvalue weighted by Gasteiger charge is 2.35. The normalized spacial score (nSPS) is 24.3. The molecule has 4 nitrogen and oxygen atoms in total. The molecular weight excluding hydrogens is 238 g/mol. The summed E-state index contributed by atoms with van der Waals surface area (Å²) in [4.78, 5) is 4.72. The second-order valence-corrected chi connectivity index (χ2v) is 6.56. The maximum atomic E-state index is 5.28. The highest BCUT2D eigenvalue weighted by molar-refractivity contribution is 5.79. The van der Waals surface area contributed by atoms with Crippen molar-refractivity contribution in [3.8, 4) is 0 Å². The lowest BCUT2D eigenvalue weighted by molar-refractivity contribution is -0.0945. The predicted molar refractivity (Wildman–Crippen MR) is 79.5 cm³/mol. The van der Waals surface area contributed by atoms with Gasteiger partial charge in [0.05, 0.1) is 19.8 Å². The minimum absolute atomic E-state index is 0.251. The summed E-state index contributed by atoms with van der Waals surface area (Å²) in [5.74, 6) is 0.968. The second-order valence-electron chi connectivity index (χ2n) is 6.56. The zero-order valence-electron chi connectivity index (χ0n) is 12.7. The van der Waals surface area contributed by atoms with Crippen LogP contribution in [0.5, 0.6) is 0 Å². The lowest BCUT2D eigenvalue weighted by atomic mass is 9.67. The number of hydrogen-bond acceptors (Lipinski definition) is 2. The summed E-state index contributed by atoms with van der Waals surface area (Å²) in [5, 5.41) is 6.88. The molecule has 1 saturated heterocycles. The Hall–Kier alpha value is -0.770. The van der Waals surface area contributed by atoms with Crippen LogP contribution in [0.1, 0.15) is 46.5 Å². The maximum Gasteiger partial charge on any atom is 0.191 e. The van der Waals surface area contributed by atoms with Crippen LogP contribution in [0.4, 0.5) is 0 Å². The van der Waals surface area contributed by atoms with Gasteiger partial charge in [-0.15, -0.1) is 0 Å². The average molecular weight is 267 g/mol. The van der Waals surface area contributed by atoms with E-state index in [4.69, 9.17) is 9.73 Å². The average Bonchev–Trinajstić information content (AvgIpc) is 2.32. The first-order chi connectivity index (χ1) is 9.11. The van der Waals surface area contributed by atoms with Crippen LogP contribution in [0.25, 0.3) is 0 Å². The van der Waals surface area contributed by atoms with E-state index in [0.717, 1.165) is 38.8 Å². The van der Waals surface area contributed by atoms with Gasteiger partial charge in [0.15, 0.2) is 5.96 Å². The van der Waals surface area contributed by atoms with Crippen molar-refractivity contribution in [3.05, 3.63) is 0 Å². The Kier molecular flexibility index (Phi) is 4.71. The molecule has 0 radical (unpaired) electrons. The van der Waals surface area contributed by atoms with Gasteiger partial charge in [-0.2, -0.15) is 0 Å². The van der Waals surface area contributed by atoms with E-state index in [9.17, 15) is 0 Å². The van der Waals surface area contributed by atoms with E-state index in [-0.39, 0.29) is 5.41 Å². The predicted octanol–water partition coefficient (Wildman–Crippen LogP) is 2.16. The third-order valence-electron chi connectivity index (χ3n) is 4.66. The Morgan fingerprint density at radius 1 is 1.21 bits per heavy atom. The van der Waals surface area contributed by atoms with Crippen LogP contribution in [-0.2, 0) is 4.74 Å². The van der Waals surface area contributed by atoms with Gasteiger partial charge in [0.25, 0.3) is 0 Å². The number of aliphatic imine (C=N–C) groups is 1. The summed E-state index contributed by atoms with van der Waals surface area (Å²) in [6, 6.07) is 0. The Balaban J connectivity index is 1.82. The summed E-state index contributed by atoms with van der Waals surface area (Å²) in [5.41, 5.74) is 0.779. The highest BCUT2D eigenvalue weighted by Crippen LogP contribution is 2.43. The molecule has 0 amide bonds. The van der Waals surface area contributed by atoms with Gasteiger partial charge in [0, 0.05) is 18.5 Å². The fraction of sp³-hybridized carbons (Fsp3) is 0.933. The highest BCUT2D eigenvalue weighted by atomic mass is 16.5. The molecule has 0 unspecified atom stereocenters. The van der Waals surface area contributed by atoms with E-state index in [1.165, 1.54) is 25.7 Å². The van der Waals surface area contributed by atoms with Gasteiger partial charge >= 0.3 is 0 Å². The molecule has 0 aromatic rings. The molecule has 1 aliphatic carbocycles. The molecule has 0 atom stereocenters. The molecule has 2 N–H and O–H groups in total. The number of rotatable bonds is 6. The van der Waals surface area contributed by atoms with Crippen molar-refractivity contribution >= 4 is 5.96 Å². The van der Waals surface area contributed by atoms with Crippen LogP contribution >= 0.6 is 0 Å². The van der Waals surface area contributed by atoms with E-state index in [2.05, 4.69) is 31.4 Å². The van der Waals surface area contributed by atoms with Crippen molar-refractivity contribution in [2.45, 2.75) is 46.5 Å². The molecule has 4 heteroatoms. The van der Waals surface area contributed by atoms with Crippen LogP contribution in [0.3, 0.4) is 0 Å². The first-order valence-corrected chi connectivity index (χ1v) is 7.71. The van der Waals surface area contributed by atoms with Crippen molar-refractivity contribution in [2.24, 2.45) is 15.8 Å². The van der Waals surface area contributed by atoms with E-state index < -0.39 is 0 Å². The van der Waals surface area contributed by atoms with Crippen LogP contribution < -0.4 is 10.6 Å². The molecule has 2 fully saturated rings. The lowest BCUT2D eigenvalue weighted by Gasteiger charge is -2.42. The van der Waals surface area contributed by atoms with Gasteiger partial charge < -0.3 is 15.4 Å². The van der Waals surface area contributed by atoms with Gasteiger partial charge in [-0.05, 0) is 31.6 Å². The fourth-order valence-electron chi connectivity index (χ4n) is 2.76. The van der Waals surface area contributed by atoms with Gasteiger partial charge in [0.2, 0.25) is 0 Å². The summed E-state index contributed by atoms with van der Waals surface area (Å²) in [6.45, 7) is 11.2. The summed E-state index contributed by atoms with van der Waals surface area (Å²) in [6.07, 6.45) is 5.38. The largest absolute Gasteiger partial charge is 0.380 e. The van der Waals surface area contributed by atoms with Gasteiger partial charge in [-0.25, -0.2) is 0 Å². The molecule has 0 bridgehead atoms. The standard InChI is InChI=1S/C15H29N3O/c1-4-15(7-6-8-15)10-18-13(16-5-2)17-9-14(3)11-19-12-14/h4-12H2,1-3H3,(H2,16,17,18). The number of hydrogen-bond donors (Lipinski definition) is 2. The zero-order chi connectivity index (χ0) is 13.8. The van der Waals surface area contributed by atoms with Crippen molar-refractivity contribution in [1.82, 2.24) is 10.6 Å². The summed E-state index contributed by atoms with van der Waals surface area (Å²) < 4.78 is 5.28. The van der Waals surface area contributed by atoms with Crippen LogP contribution in [0.15, 0.2) is 4.99 Å². The monoisotopic (exact) mass is 267 g/mol. The minimum atomic E-state index is 0.251. The SMILES string of the molecule is CCNC(=NCC1(C)COC1)NCC1(CC)CCC1. The summed E-state index contributed by atoms with van der Waals surface area (Å²) in [7, 11) is 0.